The molecule has 108 valence electrons. The average molecular weight is 301 g/mol. The summed E-state index contributed by atoms with van der Waals surface area (Å²) < 4.78 is 25.6. The number of nitrogens with one attached hydrogen (secondary N) is 1. The van der Waals surface area contributed by atoms with Gasteiger partial charge in [-0.2, -0.15) is 0 Å². The molecule has 0 radical (unpaired) electrons. The highest BCUT2D eigenvalue weighted by Gasteiger charge is 2.35. The van der Waals surface area contributed by atoms with Crippen LogP contribution in [0.2, 0.25) is 0 Å². The number of hydrogen-bond donors (Lipinski definition) is 1. The highest BCUT2D eigenvalue weighted by atomic mass is 32.2. The largest absolute Gasteiger partial charge is 0.293 e. The number of sulfone groups is 1. The fourth-order valence-electron chi connectivity index (χ4n) is 2.51. The van der Waals surface area contributed by atoms with Crippen LogP contribution in [0.25, 0.3) is 0 Å². The first-order valence-corrected chi connectivity index (χ1v) is 8.21. The van der Waals surface area contributed by atoms with Gasteiger partial charge in [-0.15, -0.1) is 0 Å². The lowest BCUT2D eigenvalue weighted by molar-refractivity contribution is 0.0981. The van der Waals surface area contributed by atoms with Crippen LogP contribution in [-0.4, -0.2) is 20.7 Å². The monoisotopic (exact) mass is 301 g/mol. The number of rotatable bonds is 2. The zero-order valence-electron chi connectivity index (χ0n) is 11.5. The van der Waals surface area contributed by atoms with Gasteiger partial charge in [-0.25, -0.2) is 8.42 Å². The molecule has 0 spiro atoms. The maximum atomic E-state index is 12.8. The lowest BCUT2D eigenvalue weighted by Crippen LogP contribution is -2.38. The number of fused-ring (bicyclic) bond motifs is 1. The molecule has 3 rings (SSSR count). The van der Waals surface area contributed by atoms with Gasteiger partial charge in [0.05, 0.1) is 11.4 Å². The average Bonchev–Trinajstić information content (AvgIpc) is 2.48. The predicted octanol–water partition coefficient (Wildman–Crippen LogP) is 2.25. The molecule has 1 aliphatic heterocycles. The fourth-order valence-corrected chi connectivity index (χ4v) is 4.14. The van der Waals surface area contributed by atoms with Crippen molar-refractivity contribution >= 4 is 15.6 Å². The number of ketones is 1. The first-order chi connectivity index (χ1) is 10.00. The van der Waals surface area contributed by atoms with Gasteiger partial charge >= 0.3 is 0 Å². The van der Waals surface area contributed by atoms with Crippen molar-refractivity contribution < 1.29 is 13.2 Å². The Hall–Kier alpha value is -1.98. The van der Waals surface area contributed by atoms with E-state index in [0.717, 1.165) is 5.56 Å². The van der Waals surface area contributed by atoms with Gasteiger partial charge in [0.1, 0.15) is 5.37 Å². The number of aryl methyl sites for hydroxylation is 1. The van der Waals surface area contributed by atoms with Gasteiger partial charge in [0.15, 0.2) is 15.6 Å². The molecule has 2 aromatic rings. The van der Waals surface area contributed by atoms with Crippen LogP contribution in [0.1, 0.15) is 26.9 Å². The Labute approximate surface area is 123 Å². The van der Waals surface area contributed by atoms with Crippen LogP contribution in [0.15, 0.2) is 53.4 Å². The van der Waals surface area contributed by atoms with Crippen molar-refractivity contribution in [2.24, 2.45) is 0 Å². The van der Waals surface area contributed by atoms with E-state index in [1.165, 1.54) is 0 Å². The highest BCUT2D eigenvalue weighted by Crippen LogP contribution is 2.31. The molecule has 1 atom stereocenters. The molecule has 5 heteroatoms. The van der Waals surface area contributed by atoms with E-state index < -0.39 is 15.2 Å². The van der Waals surface area contributed by atoms with Crippen LogP contribution in [0, 0.1) is 6.92 Å². The van der Waals surface area contributed by atoms with Crippen LogP contribution >= 0.6 is 0 Å². The topological polar surface area (TPSA) is 63.2 Å². The first kappa shape index (κ1) is 14.0. The summed E-state index contributed by atoms with van der Waals surface area (Å²) in [7, 11) is -3.58. The number of carbonyl (C=O) groups is 1. The second-order valence-corrected chi connectivity index (χ2v) is 7.16. The van der Waals surface area contributed by atoms with Crippen LogP contribution in [0.3, 0.4) is 0 Å². The number of carbonyl (C=O) groups excluding carboxylic acids is 1. The predicted molar refractivity (Wildman–Crippen MR) is 79.9 cm³/mol. The lowest BCUT2D eigenvalue weighted by atomic mass is 10.0. The number of hydrogen-bond acceptors (Lipinski definition) is 4. The van der Waals surface area contributed by atoms with Crippen LogP contribution in [0.4, 0.5) is 0 Å². The minimum absolute atomic E-state index is 0.0345. The van der Waals surface area contributed by atoms with Crippen LogP contribution in [0.5, 0.6) is 0 Å². The van der Waals surface area contributed by atoms with Gasteiger partial charge in [0, 0.05) is 5.56 Å². The Morgan fingerprint density at radius 2 is 1.71 bits per heavy atom. The maximum Gasteiger partial charge on any atom is 0.198 e. The van der Waals surface area contributed by atoms with E-state index >= 15 is 0 Å². The summed E-state index contributed by atoms with van der Waals surface area (Å²) in [6, 6.07) is 13.6. The molecular formula is C16H15NO3S. The van der Waals surface area contributed by atoms with Crippen molar-refractivity contribution in [1.82, 2.24) is 5.32 Å². The van der Waals surface area contributed by atoms with Crippen molar-refractivity contribution in [3.63, 3.8) is 0 Å². The summed E-state index contributed by atoms with van der Waals surface area (Å²) in [5.74, 6) is -0.0824. The van der Waals surface area contributed by atoms with E-state index in [1.54, 1.807) is 48.5 Å². The molecule has 21 heavy (non-hydrogen) atoms. The smallest absolute Gasteiger partial charge is 0.198 e. The second-order valence-electron chi connectivity index (χ2n) is 5.13. The zero-order chi connectivity index (χ0) is 15.0. The molecule has 1 aliphatic rings. The molecule has 1 heterocycles. The summed E-state index contributed by atoms with van der Waals surface area (Å²) in [5.41, 5.74) is 2.01. The van der Waals surface area contributed by atoms with Crippen molar-refractivity contribution in [2.45, 2.75) is 17.2 Å². The Balaban J connectivity index is 2.10. The van der Waals surface area contributed by atoms with Gasteiger partial charge in [-0.1, -0.05) is 42.0 Å². The molecule has 0 fully saturated rings. The van der Waals surface area contributed by atoms with E-state index in [9.17, 15) is 13.2 Å². The molecule has 0 aliphatic carbocycles. The maximum absolute atomic E-state index is 12.8. The first-order valence-electron chi connectivity index (χ1n) is 6.66. The third kappa shape index (κ3) is 2.39. The quantitative estimate of drug-likeness (QED) is 0.924. The van der Waals surface area contributed by atoms with Crippen LogP contribution < -0.4 is 5.32 Å². The lowest BCUT2D eigenvalue weighted by Gasteiger charge is -2.25. The Morgan fingerprint density at radius 1 is 1.05 bits per heavy atom. The van der Waals surface area contributed by atoms with Gasteiger partial charge in [-0.3, -0.25) is 10.1 Å². The fraction of sp³-hybridized carbons (Fsp3) is 0.188. The van der Waals surface area contributed by atoms with Gasteiger partial charge in [0.25, 0.3) is 0 Å². The number of benzene rings is 2. The van der Waals surface area contributed by atoms with Gasteiger partial charge in [0.2, 0.25) is 0 Å². The van der Waals surface area contributed by atoms with Crippen molar-refractivity contribution in [3.05, 3.63) is 65.2 Å². The van der Waals surface area contributed by atoms with E-state index in [4.69, 9.17) is 0 Å². The van der Waals surface area contributed by atoms with E-state index in [1.807, 2.05) is 6.92 Å². The number of Topliss-reactive ketones (excluding diaryl/α,β-unsaturated/α-hetero) is 1. The molecule has 0 amide bonds. The molecule has 1 N–H and O–H groups in total. The molecule has 0 aromatic heterocycles. The summed E-state index contributed by atoms with van der Waals surface area (Å²) >= 11 is 0. The normalized spacial score (nSPS) is 18.3. The summed E-state index contributed by atoms with van der Waals surface area (Å²) in [5, 5.41) is 1.96. The van der Waals surface area contributed by atoms with E-state index in [-0.39, 0.29) is 17.2 Å². The molecule has 4 nitrogen and oxygen atoms in total. The van der Waals surface area contributed by atoms with Crippen molar-refractivity contribution in [3.8, 4) is 0 Å². The molecule has 1 unspecified atom stereocenters. The zero-order valence-corrected chi connectivity index (χ0v) is 12.4. The third-order valence-corrected chi connectivity index (χ3v) is 5.62. The molecular weight excluding hydrogens is 286 g/mol. The summed E-state index contributed by atoms with van der Waals surface area (Å²) in [6.07, 6.45) is 0. The Morgan fingerprint density at radius 3 is 2.43 bits per heavy atom. The standard InChI is InChI=1S/C16H15NO3S/c1-11-6-8-12(9-7-11)21(19,20)16-14-5-3-2-4-13(14)15(18)10-17-16/h2-9,16-17H,10H2,1H3. The molecule has 0 saturated carbocycles. The summed E-state index contributed by atoms with van der Waals surface area (Å²) in [6.45, 7) is 1.94. The van der Waals surface area contributed by atoms with Crippen LogP contribution in [-0.2, 0) is 9.84 Å². The minimum atomic E-state index is -3.58. The van der Waals surface area contributed by atoms with E-state index in [2.05, 4.69) is 5.32 Å². The molecule has 0 bridgehead atoms. The SMILES string of the molecule is Cc1ccc(S(=O)(=O)C2NCC(=O)c3ccccc32)cc1. The Kier molecular flexibility index (Phi) is 3.39. The highest BCUT2D eigenvalue weighted by molar-refractivity contribution is 7.91. The van der Waals surface area contributed by atoms with Crippen molar-refractivity contribution in [2.75, 3.05) is 6.54 Å². The summed E-state index contributed by atoms with van der Waals surface area (Å²) in [4.78, 5) is 12.1. The third-order valence-electron chi connectivity index (χ3n) is 3.65. The van der Waals surface area contributed by atoms with Crippen molar-refractivity contribution in [1.29, 1.82) is 0 Å². The van der Waals surface area contributed by atoms with Gasteiger partial charge < -0.3 is 0 Å². The molecule has 2 aromatic carbocycles. The second kappa shape index (κ2) is 5.09. The Bertz CT molecular complexity index is 795. The molecule has 0 saturated heterocycles. The minimum Gasteiger partial charge on any atom is -0.293 e. The van der Waals surface area contributed by atoms with E-state index in [0.29, 0.717) is 11.1 Å². The van der Waals surface area contributed by atoms with Gasteiger partial charge in [-0.05, 0) is 24.6 Å².